The molecular formula is C18H21FN6O. The Morgan fingerprint density at radius 3 is 2.77 bits per heavy atom. The Hall–Kier alpha value is -3.00. The fraction of sp³-hybridized carbons (Fsp3) is 0.278. The number of hydrogen-bond donors (Lipinski definition) is 2. The standard InChI is InChI=1S/C18H21FN6O/c1-12-4-5-15(14(19)10-12)22-16-11-20-7-6-13(16)17-23-24-18(26-17)21-8-9-25(2)3/h4-7,10-11,22H,8-9H2,1-3H3,(H,21,24). The van der Waals surface area contributed by atoms with Crippen LogP contribution in [0, 0.1) is 12.7 Å². The molecule has 8 heteroatoms. The summed E-state index contributed by atoms with van der Waals surface area (Å²) in [6, 6.07) is 7.07. The van der Waals surface area contributed by atoms with E-state index in [4.69, 9.17) is 4.42 Å². The maximum Gasteiger partial charge on any atom is 0.315 e. The van der Waals surface area contributed by atoms with Crippen LogP contribution in [0.15, 0.2) is 41.1 Å². The van der Waals surface area contributed by atoms with Crippen molar-refractivity contribution in [3.8, 4) is 11.5 Å². The number of nitrogens with one attached hydrogen (secondary N) is 2. The van der Waals surface area contributed by atoms with Gasteiger partial charge in [-0.15, -0.1) is 5.10 Å². The zero-order chi connectivity index (χ0) is 18.5. The number of likely N-dealkylation sites (N-methyl/N-ethyl adjacent to an activating group) is 1. The second-order valence-corrected chi connectivity index (χ2v) is 6.17. The number of anilines is 3. The van der Waals surface area contributed by atoms with Crippen LogP contribution in [0.2, 0.25) is 0 Å². The number of benzene rings is 1. The van der Waals surface area contributed by atoms with Crippen LogP contribution < -0.4 is 10.6 Å². The van der Waals surface area contributed by atoms with Gasteiger partial charge in [-0.3, -0.25) is 4.98 Å². The van der Waals surface area contributed by atoms with Crippen molar-refractivity contribution in [1.29, 1.82) is 0 Å². The first-order chi connectivity index (χ1) is 12.5. The molecule has 1 aromatic carbocycles. The van der Waals surface area contributed by atoms with Gasteiger partial charge in [-0.25, -0.2) is 4.39 Å². The van der Waals surface area contributed by atoms with Gasteiger partial charge in [-0.1, -0.05) is 11.2 Å². The van der Waals surface area contributed by atoms with Crippen molar-refractivity contribution in [2.75, 3.05) is 37.8 Å². The largest absolute Gasteiger partial charge is 0.403 e. The van der Waals surface area contributed by atoms with Crippen LogP contribution in [-0.4, -0.2) is 47.3 Å². The molecule has 0 spiro atoms. The predicted octanol–water partition coefficient (Wildman–Crippen LogP) is 3.30. The molecule has 0 aliphatic rings. The van der Waals surface area contributed by atoms with Crippen molar-refractivity contribution in [3.63, 3.8) is 0 Å². The maximum absolute atomic E-state index is 14.1. The number of hydrogen-bond acceptors (Lipinski definition) is 7. The van der Waals surface area contributed by atoms with Crippen LogP contribution in [0.3, 0.4) is 0 Å². The molecular weight excluding hydrogens is 335 g/mol. The zero-order valence-electron chi connectivity index (χ0n) is 15.0. The summed E-state index contributed by atoms with van der Waals surface area (Å²) >= 11 is 0. The number of aryl methyl sites for hydroxylation is 1. The second-order valence-electron chi connectivity index (χ2n) is 6.17. The molecule has 0 saturated carbocycles. The van der Waals surface area contributed by atoms with Crippen molar-refractivity contribution in [1.82, 2.24) is 20.1 Å². The molecule has 7 nitrogen and oxygen atoms in total. The molecule has 0 atom stereocenters. The normalized spacial score (nSPS) is 11.0. The SMILES string of the molecule is Cc1ccc(Nc2cnccc2-c2nnc(NCCN(C)C)o2)c(F)c1. The highest BCUT2D eigenvalue weighted by molar-refractivity contribution is 5.76. The van der Waals surface area contributed by atoms with Gasteiger partial charge >= 0.3 is 6.01 Å². The second kappa shape index (κ2) is 7.92. The van der Waals surface area contributed by atoms with E-state index < -0.39 is 0 Å². The summed E-state index contributed by atoms with van der Waals surface area (Å²) in [6.45, 7) is 3.36. The Morgan fingerprint density at radius 1 is 1.15 bits per heavy atom. The zero-order valence-corrected chi connectivity index (χ0v) is 15.0. The van der Waals surface area contributed by atoms with E-state index in [0.29, 0.717) is 35.4 Å². The summed E-state index contributed by atoms with van der Waals surface area (Å²) in [7, 11) is 3.97. The summed E-state index contributed by atoms with van der Waals surface area (Å²) in [5.41, 5.74) is 2.44. The molecule has 2 N–H and O–H groups in total. The number of pyridine rings is 1. The van der Waals surface area contributed by atoms with E-state index in [-0.39, 0.29) is 5.82 Å². The number of aromatic nitrogens is 3. The van der Waals surface area contributed by atoms with E-state index >= 15 is 0 Å². The van der Waals surface area contributed by atoms with Gasteiger partial charge in [0.2, 0.25) is 0 Å². The molecule has 136 valence electrons. The number of halogens is 1. The Bertz CT molecular complexity index is 880. The lowest BCUT2D eigenvalue weighted by atomic mass is 10.2. The third-order valence-electron chi connectivity index (χ3n) is 3.71. The molecule has 0 saturated heterocycles. The third-order valence-corrected chi connectivity index (χ3v) is 3.71. The molecule has 0 radical (unpaired) electrons. The summed E-state index contributed by atoms with van der Waals surface area (Å²) in [5.74, 6) is -0.00820. The Labute approximate surface area is 151 Å². The van der Waals surface area contributed by atoms with Crippen LogP contribution in [-0.2, 0) is 0 Å². The molecule has 0 fully saturated rings. The van der Waals surface area contributed by atoms with Gasteiger partial charge in [0.25, 0.3) is 5.89 Å². The minimum Gasteiger partial charge on any atom is -0.403 e. The van der Waals surface area contributed by atoms with Gasteiger partial charge in [0.1, 0.15) is 5.82 Å². The highest BCUT2D eigenvalue weighted by atomic mass is 19.1. The summed E-state index contributed by atoms with van der Waals surface area (Å²) in [5, 5.41) is 14.2. The van der Waals surface area contributed by atoms with Crippen LogP contribution in [0.1, 0.15) is 5.56 Å². The van der Waals surface area contributed by atoms with E-state index in [2.05, 4.69) is 25.8 Å². The molecule has 0 amide bonds. The van der Waals surface area contributed by atoms with Crippen molar-refractivity contribution >= 4 is 17.4 Å². The maximum atomic E-state index is 14.1. The van der Waals surface area contributed by atoms with E-state index in [1.807, 2.05) is 32.0 Å². The summed E-state index contributed by atoms with van der Waals surface area (Å²) in [6.07, 6.45) is 3.22. The minimum atomic E-state index is -0.337. The van der Waals surface area contributed by atoms with Gasteiger partial charge < -0.3 is 20.0 Å². The lowest BCUT2D eigenvalue weighted by Crippen LogP contribution is -2.20. The topological polar surface area (TPSA) is 79.1 Å². The van der Waals surface area contributed by atoms with E-state index in [1.54, 1.807) is 24.5 Å². The van der Waals surface area contributed by atoms with Gasteiger partial charge in [-0.05, 0) is 44.8 Å². The first-order valence-electron chi connectivity index (χ1n) is 8.22. The van der Waals surface area contributed by atoms with Crippen molar-refractivity contribution in [3.05, 3.63) is 48.0 Å². The highest BCUT2D eigenvalue weighted by Crippen LogP contribution is 2.30. The fourth-order valence-electron chi connectivity index (χ4n) is 2.34. The minimum absolute atomic E-state index is 0.328. The van der Waals surface area contributed by atoms with Crippen LogP contribution in [0.5, 0.6) is 0 Å². The number of nitrogens with zero attached hydrogens (tertiary/aromatic N) is 4. The molecule has 0 unspecified atom stereocenters. The lowest BCUT2D eigenvalue weighted by molar-refractivity contribution is 0.422. The first-order valence-corrected chi connectivity index (χ1v) is 8.22. The Balaban J connectivity index is 1.80. The molecule has 2 heterocycles. The Kier molecular flexibility index (Phi) is 5.43. The molecule has 3 aromatic rings. The van der Waals surface area contributed by atoms with Crippen LogP contribution >= 0.6 is 0 Å². The first kappa shape index (κ1) is 17.8. The lowest BCUT2D eigenvalue weighted by Gasteiger charge is -2.10. The van der Waals surface area contributed by atoms with Crippen molar-refractivity contribution in [2.45, 2.75) is 6.92 Å². The predicted molar refractivity (Wildman–Crippen MR) is 99.0 cm³/mol. The Morgan fingerprint density at radius 2 is 2.00 bits per heavy atom. The number of rotatable bonds is 7. The van der Waals surface area contributed by atoms with Crippen LogP contribution in [0.25, 0.3) is 11.5 Å². The molecule has 0 bridgehead atoms. The van der Waals surface area contributed by atoms with Crippen molar-refractivity contribution in [2.24, 2.45) is 0 Å². The average Bonchev–Trinajstić information content (AvgIpc) is 3.06. The highest BCUT2D eigenvalue weighted by Gasteiger charge is 2.14. The smallest absolute Gasteiger partial charge is 0.315 e. The van der Waals surface area contributed by atoms with Gasteiger partial charge in [0.15, 0.2) is 0 Å². The summed E-state index contributed by atoms with van der Waals surface area (Å²) < 4.78 is 19.8. The van der Waals surface area contributed by atoms with E-state index in [1.165, 1.54) is 6.07 Å². The van der Waals surface area contributed by atoms with Crippen molar-refractivity contribution < 1.29 is 8.81 Å². The molecule has 3 rings (SSSR count). The fourth-order valence-corrected chi connectivity index (χ4v) is 2.34. The van der Waals surface area contributed by atoms with E-state index in [9.17, 15) is 4.39 Å². The quantitative estimate of drug-likeness (QED) is 0.672. The van der Waals surface area contributed by atoms with Crippen LogP contribution in [0.4, 0.5) is 21.8 Å². The third kappa shape index (κ3) is 4.34. The molecule has 2 aromatic heterocycles. The molecule has 0 aliphatic carbocycles. The average molecular weight is 356 g/mol. The summed E-state index contributed by atoms with van der Waals surface area (Å²) in [4.78, 5) is 6.14. The monoisotopic (exact) mass is 356 g/mol. The van der Waals surface area contributed by atoms with Gasteiger partial charge in [0.05, 0.1) is 23.1 Å². The molecule has 26 heavy (non-hydrogen) atoms. The van der Waals surface area contributed by atoms with Gasteiger partial charge in [-0.2, -0.15) is 0 Å². The van der Waals surface area contributed by atoms with E-state index in [0.717, 1.165) is 12.1 Å². The van der Waals surface area contributed by atoms with Gasteiger partial charge in [0, 0.05) is 19.3 Å². The molecule has 0 aliphatic heterocycles.